The van der Waals surface area contributed by atoms with E-state index in [0.29, 0.717) is 0 Å². The number of nitrogens with one attached hydrogen (secondary N) is 2. The number of hydrazine groups is 1. The van der Waals surface area contributed by atoms with E-state index < -0.39 is 0 Å². The Kier molecular flexibility index (Phi) is 4.04. The smallest absolute Gasteiger partial charge is 0.0773 e. The molecule has 2 N–H and O–H groups in total. The van der Waals surface area contributed by atoms with E-state index in [-0.39, 0.29) is 0 Å². The quantitative estimate of drug-likeness (QED) is 0.837. The van der Waals surface area contributed by atoms with Gasteiger partial charge < -0.3 is 15.1 Å². The van der Waals surface area contributed by atoms with E-state index in [1.54, 1.807) is 0 Å². The molecule has 1 aliphatic rings. The second-order valence-electron chi connectivity index (χ2n) is 4.73. The van der Waals surface area contributed by atoms with Crippen molar-refractivity contribution < 1.29 is 4.74 Å². The van der Waals surface area contributed by atoms with Gasteiger partial charge in [0.15, 0.2) is 0 Å². The third-order valence-corrected chi connectivity index (χ3v) is 3.37. The van der Waals surface area contributed by atoms with Gasteiger partial charge in [0.2, 0.25) is 0 Å². The molecular formula is C16H19N3O. The molecule has 4 nitrogen and oxygen atoms in total. The lowest BCUT2D eigenvalue weighted by atomic mass is 10.2. The molecule has 0 unspecified atom stereocenters. The van der Waals surface area contributed by atoms with Crippen molar-refractivity contribution in [3.05, 3.63) is 54.6 Å². The van der Waals surface area contributed by atoms with Gasteiger partial charge in [0.25, 0.3) is 0 Å². The van der Waals surface area contributed by atoms with Crippen molar-refractivity contribution in [1.29, 1.82) is 0 Å². The van der Waals surface area contributed by atoms with Gasteiger partial charge in [0, 0.05) is 13.1 Å². The molecule has 104 valence electrons. The Bertz CT molecular complexity index is 538. The summed E-state index contributed by atoms with van der Waals surface area (Å²) in [5, 5.41) is 0. The van der Waals surface area contributed by atoms with E-state index in [2.05, 4.69) is 34.0 Å². The van der Waals surface area contributed by atoms with Gasteiger partial charge in [-0.1, -0.05) is 30.3 Å². The van der Waals surface area contributed by atoms with Crippen molar-refractivity contribution >= 4 is 17.1 Å². The van der Waals surface area contributed by atoms with Crippen LogP contribution < -0.4 is 15.8 Å². The van der Waals surface area contributed by atoms with E-state index >= 15 is 0 Å². The van der Waals surface area contributed by atoms with Gasteiger partial charge in [-0.3, -0.25) is 5.43 Å². The normalized spacial score (nSPS) is 14.9. The van der Waals surface area contributed by atoms with Crippen LogP contribution in [0.4, 0.5) is 17.1 Å². The molecule has 2 aromatic rings. The summed E-state index contributed by atoms with van der Waals surface area (Å²) in [6.45, 7) is 3.45. The highest BCUT2D eigenvalue weighted by molar-refractivity contribution is 5.71. The molecule has 20 heavy (non-hydrogen) atoms. The van der Waals surface area contributed by atoms with Crippen LogP contribution in [0.1, 0.15) is 0 Å². The number of ether oxygens (including phenoxy) is 1. The number of hydrogen-bond donors (Lipinski definition) is 2. The Balaban J connectivity index is 1.72. The van der Waals surface area contributed by atoms with Crippen molar-refractivity contribution in [3.63, 3.8) is 0 Å². The van der Waals surface area contributed by atoms with Crippen molar-refractivity contribution in [3.8, 4) is 0 Å². The van der Waals surface area contributed by atoms with Gasteiger partial charge in [0.05, 0.1) is 30.3 Å². The molecule has 0 bridgehead atoms. The third-order valence-electron chi connectivity index (χ3n) is 3.37. The van der Waals surface area contributed by atoms with Crippen LogP contribution >= 0.6 is 0 Å². The average Bonchev–Trinajstić information content (AvgIpc) is 2.55. The Morgan fingerprint density at radius 1 is 0.800 bits per heavy atom. The predicted octanol–water partition coefficient (Wildman–Crippen LogP) is 2.96. The van der Waals surface area contributed by atoms with Crippen LogP contribution in [0.2, 0.25) is 0 Å². The lowest BCUT2D eigenvalue weighted by Gasteiger charge is -2.30. The van der Waals surface area contributed by atoms with Gasteiger partial charge in [-0.25, -0.2) is 0 Å². The third kappa shape index (κ3) is 3.03. The van der Waals surface area contributed by atoms with E-state index in [9.17, 15) is 0 Å². The minimum atomic E-state index is 0.792. The Hall–Kier alpha value is -2.20. The van der Waals surface area contributed by atoms with Gasteiger partial charge in [-0.05, 0) is 24.3 Å². The number of hydrogen-bond acceptors (Lipinski definition) is 4. The zero-order chi connectivity index (χ0) is 13.6. The fraction of sp³-hybridized carbons (Fsp3) is 0.250. The highest BCUT2D eigenvalue weighted by atomic mass is 16.5. The molecule has 0 amide bonds. The first-order valence-corrected chi connectivity index (χ1v) is 6.92. The molecule has 1 heterocycles. The summed E-state index contributed by atoms with van der Waals surface area (Å²) in [5.41, 5.74) is 9.86. The Labute approximate surface area is 119 Å². The topological polar surface area (TPSA) is 36.5 Å². The molecule has 1 fully saturated rings. The minimum absolute atomic E-state index is 0.792. The largest absolute Gasteiger partial charge is 0.378 e. The molecule has 0 radical (unpaired) electrons. The van der Waals surface area contributed by atoms with Gasteiger partial charge >= 0.3 is 0 Å². The molecule has 1 aliphatic heterocycles. The van der Waals surface area contributed by atoms with Gasteiger partial charge in [0.1, 0.15) is 0 Å². The zero-order valence-electron chi connectivity index (χ0n) is 11.4. The monoisotopic (exact) mass is 269 g/mol. The van der Waals surface area contributed by atoms with E-state index in [1.165, 1.54) is 5.69 Å². The number of morpholine rings is 1. The minimum Gasteiger partial charge on any atom is -0.378 e. The molecule has 3 rings (SSSR count). The van der Waals surface area contributed by atoms with Gasteiger partial charge in [-0.15, -0.1) is 0 Å². The predicted molar refractivity (Wildman–Crippen MR) is 83.2 cm³/mol. The number of anilines is 3. The molecule has 0 atom stereocenters. The molecule has 0 aromatic heterocycles. The first kappa shape index (κ1) is 12.8. The van der Waals surface area contributed by atoms with E-state index in [0.717, 1.165) is 37.7 Å². The summed E-state index contributed by atoms with van der Waals surface area (Å²) in [6, 6.07) is 18.4. The van der Waals surface area contributed by atoms with Crippen molar-refractivity contribution in [2.75, 3.05) is 42.1 Å². The summed E-state index contributed by atoms with van der Waals surface area (Å²) in [6.07, 6.45) is 0. The second-order valence-corrected chi connectivity index (χ2v) is 4.73. The van der Waals surface area contributed by atoms with Crippen molar-refractivity contribution in [1.82, 2.24) is 0 Å². The van der Waals surface area contributed by atoms with Crippen LogP contribution in [0.15, 0.2) is 54.6 Å². The van der Waals surface area contributed by atoms with Crippen molar-refractivity contribution in [2.45, 2.75) is 0 Å². The van der Waals surface area contributed by atoms with Crippen LogP contribution in [0.5, 0.6) is 0 Å². The molecule has 0 aliphatic carbocycles. The van der Waals surface area contributed by atoms with E-state index in [4.69, 9.17) is 4.74 Å². The summed E-state index contributed by atoms with van der Waals surface area (Å²) in [7, 11) is 0. The van der Waals surface area contributed by atoms with Crippen LogP contribution in [0, 0.1) is 0 Å². The number of nitrogens with zero attached hydrogens (tertiary/aromatic N) is 1. The summed E-state index contributed by atoms with van der Waals surface area (Å²) >= 11 is 0. The fourth-order valence-corrected chi connectivity index (χ4v) is 2.32. The van der Waals surface area contributed by atoms with Gasteiger partial charge in [-0.2, -0.15) is 0 Å². The summed E-state index contributed by atoms with van der Waals surface area (Å²) in [4.78, 5) is 2.35. The SMILES string of the molecule is c1ccc(NNc2ccccc2N2CCOCC2)cc1. The average molecular weight is 269 g/mol. The summed E-state index contributed by atoms with van der Waals surface area (Å²) < 4.78 is 5.41. The van der Waals surface area contributed by atoms with Crippen LogP contribution in [0.25, 0.3) is 0 Å². The molecule has 2 aromatic carbocycles. The maximum absolute atomic E-state index is 5.41. The summed E-state index contributed by atoms with van der Waals surface area (Å²) in [5.74, 6) is 0. The zero-order valence-corrected chi connectivity index (χ0v) is 11.4. The van der Waals surface area contributed by atoms with Crippen LogP contribution in [-0.4, -0.2) is 26.3 Å². The number of benzene rings is 2. The lowest BCUT2D eigenvalue weighted by Crippen LogP contribution is -2.36. The Morgan fingerprint density at radius 2 is 1.50 bits per heavy atom. The number of rotatable bonds is 4. The molecular weight excluding hydrogens is 250 g/mol. The van der Waals surface area contributed by atoms with Crippen LogP contribution in [-0.2, 0) is 4.74 Å². The molecule has 4 heteroatoms. The maximum atomic E-state index is 5.41. The number of para-hydroxylation sites is 3. The first-order chi connectivity index (χ1) is 9.93. The standard InChI is InChI=1S/C16H19N3O/c1-2-6-14(7-3-1)17-18-15-8-4-5-9-16(15)19-10-12-20-13-11-19/h1-9,17-18H,10-13H2. The maximum Gasteiger partial charge on any atom is 0.0773 e. The van der Waals surface area contributed by atoms with Crippen molar-refractivity contribution in [2.24, 2.45) is 0 Å². The highest BCUT2D eigenvalue weighted by Crippen LogP contribution is 2.26. The fourth-order valence-electron chi connectivity index (χ4n) is 2.32. The van der Waals surface area contributed by atoms with E-state index in [1.807, 2.05) is 36.4 Å². The first-order valence-electron chi connectivity index (χ1n) is 6.92. The Morgan fingerprint density at radius 3 is 2.30 bits per heavy atom. The molecule has 0 spiro atoms. The molecule has 0 saturated carbocycles. The lowest BCUT2D eigenvalue weighted by molar-refractivity contribution is 0.123. The highest BCUT2D eigenvalue weighted by Gasteiger charge is 2.14. The van der Waals surface area contributed by atoms with Crippen LogP contribution in [0.3, 0.4) is 0 Å². The molecule has 1 saturated heterocycles. The second kappa shape index (κ2) is 6.30.